The predicted octanol–water partition coefficient (Wildman–Crippen LogP) is 4.05. The Kier molecular flexibility index (Phi) is 6.46. The van der Waals surface area contributed by atoms with Crippen LogP contribution in [0.5, 0.6) is 5.75 Å². The largest absolute Gasteiger partial charge is 0.484 e. The Bertz CT molecular complexity index is 949. The van der Waals surface area contributed by atoms with Crippen molar-refractivity contribution < 1.29 is 18.7 Å². The van der Waals surface area contributed by atoms with Crippen molar-refractivity contribution in [2.24, 2.45) is 17.8 Å². The second-order valence-electron chi connectivity index (χ2n) is 8.55. The Labute approximate surface area is 186 Å². The molecule has 0 aromatic heterocycles. The molecule has 2 bridgehead atoms. The van der Waals surface area contributed by atoms with Gasteiger partial charge in [-0.2, -0.15) is 0 Å². The second kappa shape index (κ2) is 9.27. The van der Waals surface area contributed by atoms with Crippen LogP contribution >= 0.6 is 11.6 Å². The highest BCUT2D eigenvalue weighted by Gasteiger charge is 2.49. The van der Waals surface area contributed by atoms with E-state index in [1.807, 2.05) is 37.4 Å². The minimum atomic E-state index is -0.589. The molecule has 0 saturated heterocycles. The van der Waals surface area contributed by atoms with E-state index in [-0.39, 0.29) is 41.2 Å². The van der Waals surface area contributed by atoms with Crippen LogP contribution in [0.3, 0.4) is 0 Å². The van der Waals surface area contributed by atoms with Crippen LogP contribution in [-0.2, 0) is 16.1 Å². The van der Waals surface area contributed by atoms with Crippen LogP contribution in [0.2, 0.25) is 5.02 Å². The fraction of sp³-hybridized carbons (Fsp3) is 0.417. The van der Waals surface area contributed by atoms with Crippen molar-refractivity contribution in [2.45, 2.75) is 31.8 Å². The summed E-state index contributed by atoms with van der Waals surface area (Å²) in [6.45, 7) is 0.370. The summed E-state index contributed by atoms with van der Waals surface area (Å²) in [6, 6.07) is 14.0. The lowest BCUT2D eigenvalue weighted by Crippen LogP contribution is -2.56. The van der Waals surface area contributed by atoms with Crippen LogP contribution in [-0.4, -0.2) is 36.4 Å². The van der Waals surface area contributed by atoms with Gasteiger partial charge in [0.15, 0.2) is 6.61 Å². The number of benzene rings is 2. The molecule has 7 heteroatoms. The molecule has 3 aliphatic carbocycles. The average molecular weight is 445 g/mol. The number of carbonyl (C=O) groups is 2. The topological polar surface area (TPSA) is 58.6 Å². The normalized spacial score (nSPS) is 24.1. The van der Waals surface area contributed by atoms with Crippen molar-refractivity contribution in [1.82, 2.24) is 10.2 Å². The third-order valence-electron chi connectivity index (χ3n) is 6.42. The minimum Gasteiger partial charge on any atom is -0.484 e. The van der Waals surface area contributed by atoms with Crippen molar-refractivity contribution in [3.8, 4) is 5.75 Å². The molecule has 2 aromatic carbocycles. The van der Waals surface area contributed by atoms with E-state index in [0.29, 0.717) is 24.8 Å². The van der Waals surface area contributed by atoms with Gasteiger partial charge >= 0.3 is 0 Å². The third-order valence-corrected chi connectivity index (χ3v) is 6.73. The fourth-order valence-electron chi connectivity index (χ4n) is 4.69. The molecule has 31 heavy (non-hydrogen) atoms. The number of fused-ring (bicyclic) bond motifs is 2. The molecule has 2 amide bonds. The highest BCUT2D eigenvalue weighted by Crippen LogP contribution is 2.49. The van der Waals surface area contributed by atoms with E-state index in [4.69, 9.17) is 16.3 Å². The van der Waals surface area contributed by atoms with Gasteiger partial charge in [0.2, 0.25) is 5.91 Å². The summed E-state index contributed by atoms with van der Waals surface area (Å²) in [7, 11) is 1.84. The van der Waals surface area contributed by atoms with E-state index in [2.05, 4.69) is 5.32 Å². The monoisotopic (exact) mass is 444 g/mol. The first kappa shape index (κ1) is 21.6. The molecule has 2 unspecified atom stereocenters. The lowest BCUT2D eigenvalue weighted by Gasteiger charge is -2.51. The van der Waals surface area contributed by atoms with Gasteiger partial charge in [0.05, 0.1) is 5.02 Å². The molecular formula is C24H26ClFN2O3. The molecule has 2 aromatic rings. The number of hydrogen-bond acceptors (Lipinski definition) is 3. The standard InChI is InChI=1S/C24H26ClFN2O3/c1-28(13-15-5-3-2-4-6-15)24(30)19-12-22(17-9-16(19)10-17)27-23(29)14-31-18-7-8-20(25)21(26)11-18/h2-8,11,16-17,19,22H,9-10,12-14H2,1H3,(H,27,29). The van der Waals surface area contributed by atoms with Gasteiger partial charge in [-0.25, -0.2) is 4.39 Å². The van der Waals surface area contributed by atoms with Crippen LogP contribution in [0.4, 0.5) is 4.39 Å². The summed E-state index contributed by atoms with van der Waals surface area (Å²) < 4.78 is 18.9. The maximum absolute atomic E-state index is 13.5. The molecule has 0 heterocycles. The predicted molar refractivity (Wildman–Crippen MR) is 116 cm³/mol. The van der Waals surface area contributed by atoms with E-state index >= 15 is 0 Å². The number of carbonyl (C=O) groups excluding carboxylic acids is 2. The number of ether oxygens (including phenoxy) is 1. The minimum absolute atomic E-state index is 0.00601. The number of nitrogens with zero attached hydrogens (tertiary/aromatic N) is 1. The van der Waals surface area contributed by atoms with Gasteiger partial charge in [-0.1, -0.05) is 41.9 Å². The summed E-state index contributed by atoms with van der Waals surface area (Å²) >= 11 is 5.66. The maximum Gasteiger partial charge on any atom is 0.258 e. The number of halogens is 2. The van der Waals surface area contributed by atoms with Crippen LogP contribution in [0.25, 0.3) is 0 Å². The average Bonchev–Trinajstić information content (AvgIpc) is 2.73. The number of amides is 2. The molecule has 0 radical (unpaired) electrons. The fourth-order valence-corrected chi connectivity index (χ4v) is 4.80. The van der Waals surface area contributed by atoms with E-state index < -0.39 is 5.82 Å². The first-order valence-corrected chi connectivity index (χ1v) is 10.9. The van der Waals surface area contributed by atoms with Gasteiger partial charge in [0, 0.05) is 31.6 Å². The number of hydrogen-bond donors (Lipinski definition) is 1. The summed E-state index contributed by atoms with van der Waals surface area (Å²) in [6.07, 6.45) is 2.57. The van der Waals surface area contributed by atoms with Crippen molar-refractivity contribution in [2.75, 3.05) is 13.7 Å². The zero-order valence-electron chi connectivity index (χ0n) is 17.4. The zero-order chi connectivity index (χ0) is 22.0. The molecule has 3 saturated carbocycles. The van der Waals surface area contributed by atoms with E-state index in [0.717, 1.165) is 24.5 Å². The van der Waals surface area contributed by atoms with Crippen LogP contribution in [0.15, 0.2) is 48.5 Å². The van der Waals surface area contributed by atoms with Crippen LogP contribution in [0, 0.1) is 23.6 Å². The Morgan fingerprint density at radius 1 is 1.13 bits per heavy atom. The Hall–Kier alpha value is -2.60. The molecule has 3 aliphatic rings. The summed E-state index contributed by atoms with van der Waals surface area (Å²) in [5.74, 6) is 0.264. The first-order valence-electron chi connectivity index (χ1n) is 10.6. The van der Waals surface area contributed by atoms with Crippen molar-refractivity contribution >= 4 is 23.4 Å². The van der Waals surface area contributed by atoms with E-state index in [1.54, 1.807) is 4.90 Å². The van der Waals surface area contributed by atoms with Crippen LogP contribution < -0.4 is 10.1 Å². The molecule has 5 rings (SSSR count). The smallest absolute Gasteiger partial charge is 0.258 e. The molecule has 3 fully saturated rings. The second-order valence-corrected chi connectivity index (χ2v) is 8.96. The lowest BCUT2D eigenvalue weighted by atomic mass is 9.57. The molecule has 0 aliphatic heterocycles. The highest BCUT2D eigenvalue weighted by molar-refractivity contribution is 6.30. The SMILES string of the molecule is CN(Cc1ccccc1)C(=O)C1CC(NC(=O)COc2ccc(Cl)c(F)c2)C2CC1C2. The van der Waals surface area contributed by atoms with E-state index in [9.17, 15) is 14.0 Å². The number of nitrogens with one attached hydrogen (secondary N) is 1. The van der Waals surface area contributed by atoms with Gasteiger partial charge in [-0.05, 0) is 48.8 Å². The quantitative estimate of drug-likeness (QED) is 0.701. The van der Waals surface area contributed by atoms with Gasteiger partial charge in [0.25, 0.3) is 5.91 Å². The molecule has 5 nitrogen and oxygen atoms in total. The highest BCUT2D eigenvalue weighted by atomic mass is 35.5. The van der Waals surface area contributed by atoms with Crippen molar-refractivity contribution in [3.63, 3.8) is 0 Å². The summed E-state index contributed by atoms with van der Waals surface area (Å²) in [5.41, 5.74) is 1.10. The van der Waals surface area contributed by atoms with Crippen molar-refractivity contribution in [1.29, 1.82) is 0 Å². The van der Waals surface area contributed by atoms with Gasteiger partial charge in [0.1, 0.15) is 11.6 Å². The Morgan fingerprint density at radius 3 is 2.58 bits per heavy atom. The van der Waals surface area contributed by atoms with Gasteiger partial charge in [-0.3, -0.25) is 9.59 Å². The Morgan fingerprint density at radius 2 is 1.87 bits per heavy atom. The van der Waals surface area contributed by atoms with Gasteiger partial charge in [-0.15, -0.1) is 0 Å². The molecule has 2 atom stereocenters. The molecular weight excluding hydrogens is 419 g/mol. The Balaban J connectivity index is 1.30. The van der Waals surface area contributed by atoms with Crippen molar-refractivity contribution in [3.05, 3.63) is 64.9 Å². The summed E-state index contributed by atoms with van der Waals surface area (Å²) in [5, 5.41) is 3.03. The third kappa shape index (κ3) is 5.01. The number of rotatable bonds is 7. The molecule has 0 spiro atoms. The zero-order valence-corrected chi connectivity index (χ0v) is 18.1. The summed E-state index contributed by atoms with van der Waals surface area (Å²) in [4.78, 5) is 27.3. The van der Waals surface area contributed by atoms with E-state index in [1.165, 1.54) is 12.1 Å². The molecule has 1 N–H and O–H groups in total. The maximum atomic E-state index is 13.5. The first-order chi connectivity index (χ1) is 14.9. The van der Waals surface area contributed by atoms with Gasteiger partial charge < -0.3 is 15.0 Å². The lowest BCUT2D eigenvalue weighted by molar-refractivity contribution is -0.144. The molecule has 164 valence electrons. The van der Waals surface area contributed by atoms with Crippen LogP contribution in [0.1, 0.15) is 24.8 Å².